The second kappa shape index (κ2) is 9.04. The number of halogens is 1. The third kappa shape index (κ3) is 4.47. The monoisotopic (exact) mass is 494 g/mol. The Balaban J connectivity index is 1.90. The van der Waals surface area contributed by atoms with E-state index < -0.39 is 21.4 Å². The van der Waals surface area contributed by atoms with Crippen LogP contribution in [0.4, 0.5) is 20.8 Å². The molecule has 0 spiro atoms. The van der Waals surface area contributed by atoms with Gasteiger partial charge in [-0.3, -0.25) is 4.79 Å². The highest BCUT2D eigenvalue weighted by molar-refractivity contribution is 7.92. The van der Waals surface area contributed by atoms with Gasteiger partial charge in [0.25, 0.3) is 0 Å². The van der Waals surface area contributed by atoms with Gasteiger partial charge in [0, 0.05) is 11.3 Å². The molecule has 4 aromatic rings. The molecule has 0 radical (unpaired) electrons. The number of aryl methyl sites for hydroxylation is 3. The molecule has 8 heteroatoms. The van der Waals surface area contributed by atoms with Crippen molar-refractivity contribution in [2.24, 2.45) is 0 Å². The molecule has 0 aliphatic carbocycles. The average Bonchev–Trinajstić information content (AvgIpc) is 3.13. The first-order valence-corrected chi connectivity index (χ1v) is 12.8. The van der Waals surface area contributed by atoms with Crippen molar-refractivity contribution in [2.75, 3.05) is 11.1 Å². The van der Waals surface area contributed by atoms with Crippen LogP contribution in [0, 0.1) is 26.6 Å². The van der Waals surface area contributed by atoms with Crippen molar-refractivity contribution >= 4 is 43.3 Å². The van der Waals surface area contributed by atoms with E-state index in [1.54, 1.807) is 12.1 Å². The van der Waals surface area contributed by atoms with Crippen LogP contribution in [0.1, 0.15) is 31.9 Å². The molecule has 0 bridgehead atoms. The molecule has 1 heterocycles. The van der Waals surface area contributed by atoms with Gasteiger partial charge < -0.3 is 11.1 Å². The number of carbonyl (C=O) groups is 1. The average molecular weight is 495 g/mol. The summed E-state index contributed by atoms with van der Waals surface area (Å²) in [5, 5.41) is 3.44. The number of nitrogen functional groups attached to an aromatic ring is 1. The number of anilines is 3. The molecule has 0 amide bonds. The van der Waals surface area contributed by atoms with Crippen LogP contribution < -0.4 is 11.1 Å². The zero-order valence-corrected chi connectivity index (χ0v) is 20.5. The Morgan fingerprint density at radius 2 is 1.53 bits per heavy atom. The molecule has 0 aliphatic rings. The molecule has 0 fully saturated rings. The van der Waals surface area contributed by atoms with E-state index in [1.165, 1.54) is 36.4 Å². The fourth-order valence-electron chi connectivity index (χ4n) is 3.51. The first kappa shape index (κ1) is 23.7. The number of benzene rings is 3. The molecule has 4 rings (SSSR count). The van der Waals surface area contributed by atoms with Crippen molar-refractivity contribution in [3.05, 3.63) is 99.7 Å². The van der Waals surface area contributed by atoms with Gasteiger partial charge in [-0.25, -0.2) is 12.8 Å². The quantitative estimate of drug-likeness (QED) is 0.312. The van der Waals surface area contributed by atoms with E-state index in [0.717, 1.165) is 28.0 Å². The lowest BCUT2D eigenvalue weighted by atomic mass is 10.1. The van der Waals surface area contributed by atoms with Crippen LogP contribution in [-0.2, 0) is 9.84 Å². The smallest absolute Gasteiger partial charge is 0.211 e. The highest BCUT2D eigenvalue weighted by Gasteiger charge is 2.32. The van der Waals surface area contributed by atoms with E-state index in [9.17, 15) is 17.6 Å². The zero-order chi connectivity index (χ0) is 24.6. The number of hydrogen-bond acceptors (Lipinski definition) is 6. The lowest BCUT2D eigenvalue weighted by Gasteiger charge is -2.12. The van der Waals surface area contributed by atoms with Crippen LogP contribution in [0.15, 0.2) is 76.5 Å². The Hall–Kier alpha value is -3.49. The van der Waals surface area contributed by atoms with Crippen LogP contribution in [-0.4, -0.2) is 14.2 Å². The summed E-state index contributed by atoms with van der Waals surface area (Å²) in [6, 6.07) is 17.3. The van der Waals surface area contributed by atoms with E-state index in [4.69, 9.17) is 5.73 Å². The minimum atomic E-state index is -4.05. The molecule has 1 aromatic heterocycles. The van der Waals surface area contributed by atoms with E-state index in [2.05, 4.69) is 5.32 Å². The van der Waals surface area contributed by atoms with Crippen LogP contribution in [0.5, 0.6) is 0 Å². The van der Waals surface area contributed by atoms with E-state index in [0.29, 0.717) is 5.69 Å². The number of hydrogen-bond donors (Lipinski definition) is 2. The summed E-state index contributed by atoms with van der Waals surface area (Å²) in [5.41, 5.74) is 9.95. The highest BCUT2D eigenvalue weighted by atomic mass is 32.2. The summed E-state index contributed by atoms with van der Waals surface area (Å²) in [4.78, 5) is 13.2. The van der Waals surface area contributed by atoms with Crippen molar-refractivity contribution in [1.82, 2.24) is 0 Å². The van der Waals surface area contributed by atoms with Crippen LogP contribution >= 0.6 is 11.3 Å². The molecule has 34 heavy (non-hydrogen) atoms. The van der Waals surface area contributed by atoms with Gasteiger partial charge in [-0.05, 0) is 74.4 Å². The fourth-order valence-corrected chi connectivity index (χ4v) is 6.43. The van der Waals surface area contributed by atoms with E-state index in [1.807, 2.05) is 39.0 Å². The van der Waals surface area contributed by atoms with Gasteiger partial charge in [0.1, 0.15) is 20.6 Å². The lowest BCUT2D eigenvalue weighted by molar-refractivity contribution is 0.104. The predicted octanol–water partition coefficient (Wildman–Crippen LogP) is 6.20. The maximum absolute atomic E-state index is 13.7. The maximum atomic E-state index is 13.7. The number of carbonyl (C=O) groups excluding carboxylic acids is 1. The predicted molar refractivity (Wildman–Crippen MR) is 134 cm³/mol. The van der Waals surface area contributed by atoms with Crippen molar-refractivity contribution in [3.63, 3.8) is 0 Å². The molecule has 5 nitrogen and oxygen atoms in total. The largest absolute Gasteiger partial charge is 0.396 e. The molecule has 0 saturated carbocycles. The molecule has 3 N–H and O–H groups in total. The standard InChI is InChI=1S/C26H23FN2O3S2/c1-15-5-12-20(13-6-15)34(31,32)25-22(28)24(23(30)18-8-10-19(27)11-9-18)33-26(25)29-21-14-16(2)4-7-17(21)3/h4-14,29H,28H2,1-3H3. The van der Waals surface area contributed by atoms with Gasteiger partial charge in [-0.1, -0.05) is 29.8 Å². The van der Waals surface area contributed by atoms with Crippen molar-refractivity contribution in [2.45, 2.75) is 30.6 Å². The second-order valence-electron chi connectivity index (χ2n) is 8.10. The number of nitrogens with one attached hydrogen (secondary N) is 1. The summed E-state index contributed by atoms with van der Waals surface area (Å²) >= 11 is 0.969. The Morgan fingerprint density at radius 3 is 2.18 bits per heavy atom. The van der Waals surface area contributed by atoms with Crippen molar-refractivity contribution < 1.29 is 17.6 Å². The van der Waals surface area contributed by atoms with Gasteiger partial charge in [-0.2, -0.15) is 0 Å². The molecule has 0 saturated heterocycles. The highest BCUT2D eigenvalue weighted by Crippen LogP contribution is 2.44. The third-order valence-electron chi connectivity index (χ3n) is 5.45. The second-order valence-corrected chi connectivity index (χ2v) is 11.0. The lowest BCUT2D eigenvalue weighted by Crippen LogP contribution is -2.08. The summed E-state index contributed by atoms with van der Waals surface area (Å²) < 4.78 is 40.7. The van der Waals surface area contributed by atoms with Crippen LogP contribution in [0.25, 0.3) is 0 Å². The van der Waals surface area contributed by atoms with Gasteiger partial charge in [0.05, 0.1) is 10.6 Å². The normalized spacial score (nSPS) is 11.4. The molecule has 3 aromatic carbocycles. The Morgan fingerprint density at radius 1 is 0.912 bits per heavy atom. The van der Waals surface area contributed by atoms with Gasteiger partial charge in [0.2, 0.25) is 15.6 Å². The number of sulfone groups is 1. The minimum absolute atomic E-state index is 0.0742. The summed E-state index contributed by atoms with van der Waals surface area (Å²) in [5.74, 6) is -0.951. The summed E-state index contributed by atoms with van der Waals surface area (Å²) in [6.07, 6.45) is 0. The molecule has 0 unspecified atom stereocenters. The number of ketones is 1. The number of nitrogens with two attached hydrogens (primary N) is 1. The van der Waals surface area contributed by atoms with Crippen molar-refractivity contribution in [1.29, 1.82) is 0 Å². The Labute approximate surface area is 202 Å². The third-order valence-corrected chi connectivity index (χ3v) is 8.56. The van der Waals surface area contributed by atoms with Crippen LogP contribution in [0.2, 0.25) is 0 Å². The number of rotatable bonds is 6. The van der Waals surface area contributed by atoms with E-state index >= 15 is 0 Å². The van der Waals surface area contributed by atoms with Gasteiger partial charge >= 0.3 is 0 Å². The minimum Gasteiger partial charge on any atom is -0.396 e. The van der Waals surface area contributed by atoms with Crippen LogP contribution in [0.3, 0.4) is 0 Å². The Bertz CT molecular complexity index is 1490. The first-order chi connectivity index (χ1) is 16.1. The number of thiophene rings is 1. The first-order valence-electron chi connectivity index (χ1n) is 10.5. The van der Waals surface area contributed by atoms with Gasteiger partial charge in [0.15, 0.2) is 0 Å². The SMILES string of the molecule is Cc1ccc(S(=O)(=O)c2c(Nc3cc(C)ccc3C)sc(C(=O)c3ccc(F)cc3)c2N)cc1. The summed E-state index contributed by atoms with van der Waals surface area (Å²) in [6.45, 7) is 5.70. The summed E-state index contributed by atoms with van der Waals surface area (Å²) in [7, 11) is -4.05. The molecule has 0 atom stereocenters. The molecule has 0 aliphatic heterocycles. The van der Waals surface area contributed by atoms with E-state index in [-0.39, 0.29) is 30.9 Å². The zero-order valence-electron chi connectivity index (χ0n) is 18.8. The topological polar surface area (TPSA) is 89.3 Å². The van der Waals surface area contributed by atoms with Gasteiger partial charge in [-0.15, -0.1) is 11.3 Å². The molecular formula is C26H23FN2O3S2. The Kier molecular flexibility index (Phi) is 6.29. The molecular weight excluding hydrogens is 471 g/mol. The maximum Gasteiger partial charge on any atom is 0.211 e. The fraction of sp³-hybridized carbons (Fsp3) is 0.115. The molecule has 174 valence electrons. The van der Waals surface area contributed by atoms with Crippen molar-refractivity contribution in [3.8, 4) is 0 Å².